The normalized spacial score (nSPS) is 16.1. The quantitative estimate of drug-likeness (QED) is 0.836. The fourth-order valence-corrected chi connectivity index (χ4v) is 2.52. The van der Waals surface area contributed by atoms with Gasteiger partial charge in [-0.3, -0.25) is 0 Å². The van der Waals surface area contributed by atoms with Gasteiger partial charge in [-0.1, -0.05) is 6.92 Å². The SMILES string of the molecule is CCN1CCN(c2nc(NC)nc(N(CC)CC)n2)CC1. The summed E-state index contributed by atoms with van der Waals surface area (Å²) in [6.45, 7) is 13.4. The van der Waals surface area contributed by atoms with Gasteiger partial charge in [-0.15, -0.1) is 0 Å². The third kappa shape index (κ3) is 3.72. The average Bonchev–Trinajstić information content (AvgIpc) is 2.55. The van der Waals surface area contributed by atoms with E-state index in [0.717, 1.165) is 57.7 Å². The van der Waals surface area contributed by atoms with E-state index in [-0.39, 0.29) is 0 Å². The van der Waals surface area contributed by atoms with Crippen molar-refractivity contribution >= 4 is 17.8 Å². The van der Waals surface area contributed by atoms with Crippen LogP contribution in [0.5, 0.6) is 0 Å². The lowest BCUT2D eigenvalue weighted by molar-refractivity contribution is 0.270. The molecule has 0 atom stereocenters. The Hall–Kier alpha value is -1.63. The molecule has 0 spiro atoms. The average molecular weight is 293 g/mol. The summed E-state index contributed by atoms with van der Waals surface area (Å²) >= 11 is 0. The second-order valence-electron chi connectivity index (χ2n) is 5.10. The molecule has 0 saturated carbocycles. The summed E-state index contributed by atoms with van der Waals surface area (Å²) in [6.07, 6.45) is 0. The van der Waals surface area contributed by atoms with E-state index in [2.05, 4.69) is 55.7 Å². The highest BCUT2D eigenvalue weighted by atomic mass is 15.4. The number of nitrogens with zero attached hydrogens (tertiary/aromatic N) is 6. The molecule has 0 bridgehead atoms. The maximum atomic E-state index is 4.67. The lowest BCUT2D eigenvalue weighted by Crippen LogP contribution is -2.47. The number of likely N-dealkylation sites (N-methyl/N-ethyl adjacent to an activating group) is 1. The Morgan fingerprint density at radius 1 is 1.00 bits per heavy atom. The molecule has 1 aromatic rings. The topological polar surface area (TPSA) is 60.4 Å². The van der Waals surface area contributed by atoms with Gasteiger partial charge in [-0.2, -0.15) is 15.0 Å². The molecule has 2 heterocycles. The Labute approximate surface area is 127 Å². The van der Waals surface area contributed by atoms with E-state index in [4.69, 9.17) is 0 Å². The van der Waals surface area contributed by atoms with E-state index in [0.29, 0.717) is 5.95 Å². The van der Waals surface area contributed by atoms with Gasteiger partial charge in [0.1, 0.15) is 0 Å². The molecule has 118 valence electrons. The molecular weight excluding hydrogens is 266 g/mol. The molecule has 1 N–H and O–H groups in total. The van der Waals surface area contributed by atoms with Gasteiger partial charge in [0, 0.05) is 46.3 Å². The molecule has 0 unspecified atom stereocenters. The summed E-state index contributed by atoms with van der Waals surface area (Å²) in [5, 5.41) is 3.04. The van der Waals surface area contributed by atoms with Gasteiger partial charge in [0.05, 0.1) is 0 Å². The van der Waals surface area contributed by atoms with Crippen LogP contribution in [0.3, 0.4) is 0 Å². The zero-order valence-corrected chi connectivity index (χ0v) is 13.6. The molecule has 7 nitrogen and oxygen atoms in total. The van der Waals surface area contributed by atoms with Crippen molar-refractivity contribution in [2.45, 2.75) is 20.8 Å². The van der Waals surface area contributed by atoms with Crippen molar-refractivity contribution in [3.63, 3.8) is 0 Å². The highest BCUT2D eigenvalue weighted by molar-refractivity contribution is 5.45. The van der Waals surface area contributed by atoms with Gasteiger partial charge in [-0.05, 0) is 20.4 Å². The zero-order valence-electron chi connectivity index (χ0n) is 13.6. The van der Waals surface area contributed by atoms with E-state index in [1.807, 2.05) is 7.05 Å². The Morgan fingerprint density at radius 2 is 1.67 bits per heavy atom. The lowest BCUT2D eigenvalue weighted by Gasteiger charge is -2.34. The van der Waals surface area contributed by atoms with Gasteiger partial charge in [0.15, 0.2) is 0 Å². The monoisotopic (exact) mass is 293 g/mol. The molecule has 0 radical (unpaired) electrons. The minimum absolute atomic E-state index is 0.639. The predicted octanol–water partition coefficient (Wildman–Crippen LogP) is 0.901. The predicted molar refractivity (Wildman–Crippen MR) is 87.3 cm³/mol. The fraction of sp³-hybridized carbons (Fsp3) is 0.786. The maximum Gasteiger partial charge on any atom is 0.232 e. The number of hydrogen-bond acceptors (Lipinski definition) is 7. The third-order valence-corrected chi connectivity index (χ3v) is 3.98. The Kier molecular flexibility index (Phi) is 5.55. The van der Waals surface area contributed by atoms with Crippen LogP contribution in [0.1, 0.15) is 20.8 Å². The van der Waals surface area contributed by atoms with Gasteiger partial charge in [-0.25, -0.2) is 0 Å². The smallest absolute Gasteiger partial charge is 0.232 e. The number of aromatic nitrogens is 3. The highest BCUT2D eigenvalue weighted by Gasteiger charge is 2.20. The maximum absolute atomic E-state index is 4.67. The summed E-state index contributed by atoms with van der Waals surface area (Å²) in [6, 6.07) is 0. The molecule has 1 saturated heterocycles. The Balaban J connectivity index is 2.20. The van der Waals surface area contributed by atoms with Crippen LogP contribution in [0.4, 0.5) is 17.8 Å². The van der Waals surface area contributed by atoms with Crippen LogP contribution in [0, 0.1) is 0 Å². The molecular formula is C14H27N7. The molecule has 1 aliphatic rings. The molecule has 0 aromatic carbocycles. The summed E-state index contributed by atoms with van der Waals surface area (Å²) in [4.78, 5) is 20.5. The van der Waals surface area contributed by atoms with Crippen LogP contribution in [-0.2, 0) is 0 Å². The van der Waals surface area contributed by atoms with Gasteiger partial charge < -0.3 is 20.0 Å². The van der Waals surface area contributed by atoms with Crippen LogP contribution in [0.25, 0.3) is 0 Å². The largest absolute Gasteiger partial charge is 0.357 e. The first-order valence-electron chi connectivity index (χ1n) is 7.87. The van der Waals surface area contributed by atoms with E-state index in [9.17, 15) is 0 Å². The number of nitrogens with one attached hydrogen (secondary N) is 1. The lowest BCUT2D eigenvalue weighted by atomic mass is 10.3. The Morgan fingerprint density at radius 3 is 2.19 bits per heavy atom. The van der Waals surface area contributed by atoms with Crippen LogP contribution < -0.4 is 15.1 Å². The Bertz CT molecular complexity index is 439. The van der Waals surface area contributed by atoms with Crippen molar-refractivity contribution in [1.29, 1.82) is 0 Å². The van der Waals surface area contributed by atoms with Crippen molar-refractivity contribution in [1.82, 2.24) is 19.9 Å². The second kappa shape index (κ2) is 7.40. The van der Waals surface area contributed by atoms with Crippen LogP contribution in [0.2, 0.25) is 0 Å². The molecule has 2 rings (SSSR count). The molecule has 1 fully saturated rings. The summed E-state index contributed by atoms with van der Waals surface area (Å²) in [7, 11) is 1.85. The number of piperazine rings is 1. The van der Waals surface area contributed by atoms with E-state index >= 15 is 0 Å². The number of anilines is 3. The minimum atomic E-state index is 0.639. The van der Waals surface area contributed by atoms with Crippen molar-refractivity contribution < 1.29 is 0 Å². The van der Waals surface area contributed by atoms with Gasteiger partial charge in [0.25, 0.3) is 0 Å². The van der Waals surface area contributed by atoms with E-state index in [1.165, 1.54) is 0 Å². The van der Waals surface area contributed by atoms with Crippen molar-refractivity contribution in [3.8, 4) is 0 Å². The highest BCUT2D eigenvalue weighted by Crippen LogP contribution is 2.17. The first-order chi connectivity index (χ1) is 10.2. The third-order valence-electron chi connectivity index (χ3n) is 3.98. The molecule has 21 heavy (non-hydrogen) atoms. The van der Waals surface area contributed by atoms with E-state index < -0.39 is 0 Å². The first-order valence-corrected chi connectivity index (χ1v) is 7.87. The van der Waals surface area contributed by atoms with E-state index in [1.54, 1.807) is 0 Å². The molecule has 1 aliphatic heterocycles. The van der Waals surface area contributed by atoms with Crippen molar-refractivity contribution in [3.05, 3.63) is 0 Å². The molecule has 0 aliphatic carbocycles. The van der Waals surface area contributed by atoms with Gasteiger partial charge in [0.2, 0.25) is 17.8 Å². The summed E-state index contributed by atoms with van der Waals surface area (Å²) in [5.74, 6) is 2.18. The van der Waals surface area contributed by atoms with Crippen molar-refractivity contribution in [2.75, 3.05) is 68.0 Å². The molecule has 7 heteroatoms. The number of hydrogen-bond donors (Lipinski definition) is 1. The van der Waals surface area contributed by atoms with Crippen LogP contribution in [0.15, 0.2) is 0 Å². The fourth-order valence-electron chi connectivity index (χ4n) is 2.52. The second-order valence-corrected chi connectivity index (χ2v) is 5.10. The van der Waals surface area contributed by atoms with Crippen LogP contribution in [-0.4, -0.2) is 72.7 Å². The van der Waals surface area contributed by atoms with Crippen LogP contribution >= 0.6 is 0 Å². The van der Waals surface area contributed by atoms with Crippen molar-refractivity contribution in [2.24, 2.45) is 0 Å². The first kappa shape index (κ1) is 15.8. The zero-order chi connectivity index (χ0) is 15.2. The summed E-state index contributed by atoms with van der Waals surface area (Å²) < 4.78 is 0. The molecule has 1 aromatic heterocycles. The minimum Gasteiger partial charge on any atom is -0.357 e. The molecule has 0 amide bonds. The summed E-state index contributed by atoms with van der Waals surface area (Å²) in [5.41, 5.74) is 0. The standard InChI is InChI=1S/C14H27N7/c1-5-19-8-10-21(11-9-19)14-17-12(15-4)16-13(18-14)20(6-2)7-3/h5-11H2,1-4H3,(H,15,16,17,18). The van der Waals surface area contributed by atoms with Gasteiger partial charge >= 0.3 is 0 Å². The number of rotatable bonds is 6.